The van der Waals surface area contributed by atoms with Gasteiger partial charge in [-0.25, -0.2) is 29.0 Å². The first-order valence-corrected chi connectivity index (χ1v) is 11.5. The Morgan fingerprint density at radius 1 is 0.778 bits per heavy atom. The molecule has 0 unspecified atom stereocenters. The number of methoxy groups -OCH3 is 2. The highest BCUT2D eigenvalue weighted by Gasteiger charge is 2.53. The Bertz CT molecular complexity index is 898. The molecule has 0 N–H and O–H groups in total. The van der Waals surface area contributed by atoms with E-state index < -0.39 is 64.6 Å². The predicted octanol–water partition coefficient (Wildman–Crippen LogP) is 2.81. The highest BCUT2D eigenvalue weighted by molar-refractivity contribution is 6.02. The van der Waals surface area contributed by atoms with Crippen LogP contribution in [0.1, 0.15) is 74.7 Å². The lowest BCUT2D eigenvalue weighted by Crippen LogP contribution is -2.46. The molecule has 12 heteroatoms. The number of likely N-dealkylation sites (tertiary alicyclic amines) is 2. The van der Waals surface area contributed by atoms with Crippen molar-refractivity contribution in [1.29, 1.82) is 0 Å². The molecule has 0 saturated carbocycles. The summed E-state index contributed by atoms with van der Waals surface area (Å²) in [6.45, 7) is 13.6. The van der Waals surface area contributed by atoms with E-state index in [0.29, 0.717) is 0 Å². The molecule has 2 atom stereocenters. The van der Waals surface area contributed by atoms with Crippen LogP contribution in [0.3, 0.4) is 0 Å². The summed E-state index contributed by atoms with van der Waals surface area (Å²) in [4.78, 5) is 72.4. The number of hydrogen-bond donors (Lipinski definition) is 0. The Morgan fingerprint density at radius 3 is 1.61 bits per heavy atom. The standard InChI is InChI=1S/C13H21NO5.C11H17NO5/c1-12(2,3)19-11(17)14-8(9(15)18-6)7-13(4,5)10(14)16;1-11(2,3)17-10(15)12-7(9(14)16-4)5-6-8(12)13/h8H,7H2,1-6H3;7H,5-6H2,1-4H3/t8-;7-/m00/s1. The first-order valence-electron chi connectivity index (χ1n) is 11.5. The normalized spacial score (nSPS) is 21.4. The fraction of sp³-hybridized carbons (Fsp3) is 0.750. The van der Waals surface area contributed by atoms with Crippen LogP contribution in [0, 0.1) is 5.41 Å². The lowest BCUT2D eigenvalue weighted by molar-refractivity contribution is -0.149. The van der Waals surface area contributed by atoms with Gasteiger partial charge in [0.1, 0.15) is 23.3 Å². The molecule has 2 fully saturated rings. The highest BCUT2D eigenvalue weighted by Crippen LogP contribution is 2.36. The van der Waals surface area contributed by atoms with E-state index in [1.54, 1.807) is 55.4 Å². The summed E-state index contributed by atoms with van der Waals surface area (Å²) in [6.07, 6.45) is -0.935. The minimum Gasteiger partial charge on any atom is -0.467 e. The van der Waals surface area contributed by atoms with Crippen molar-refractivity contribution >= 4 is 35.9 Å². The van der Waals surface area contributed by atoms with Gasteiger partial charge in [-0.15, -0.1) is 0 Å². The van der Waals surface area contributed by atoms with Gasteiger partial charge in [-0.3, -0.25) is 9.59 Å². The number of imide groups is 2. The molecule has 2 aliphatic heterocycles. The van der Waals surface area contributed by atoms with Gasteiger partial charge < -0.3 is 18.9 Å². The molecule has 2 aliphatic rings. The monoisotopic (exact) mass is 514 g/mol. The van der Waals surface area contributed by atoms with Gasteiger partial charge in [0.15, 0.2) is 0 Å². The Kier molecular flexibility index (Phi) is 9.65. The molecule has 2 saturated heterocycles. The number of esters is 2. The van der Waals surface area contributed by atoms with Crippen molar-refractivity contribution in [2.24, 2.45) is 5.41 Å². The zero-order chi connectivity index (χ0) is 28.2. The number of carbonyl (C=O) groups is 6. The molecular formula is C24H38N2O10. The minimum atomic E-state index is -0.914. The van der Waals surface area contributed by atoms with E-state index in [-0.39, 0.29) is 19.3 Å². The lowest BCUT2D eigenvalue weighted by Gasteiger charge is -2.26. The van der Waals surface area contributed by atoms with E-state index in [1.165, 1.54) is 14.2 Å². The molecule has 2 rings (SSSR count). The maximum Gasteiger partial charge on any atom is 0.417 e. The number of carbonyl (C=O) groups excluding carboxylic acids is 6. The average Bonchev–Trinajstić information content (AvgIpc) is 3.21. The van der Waals surface area contributed by atoms with Crippen molar-refractivity contribution in [3.05, 3.63) is 0 Å². The molecule has 4 amide bonds. The van der Waals surface area contributed by atoms with Crippen molar-refractivity contribution in [1.82, 2.24) is 9.80 Å². The van der Waals surface area contributed by atoms with Gasteiger partial charge in [-0.1, -0.05) is 13.8 Å². The van der Waals surface area contributed by atoms with Crippen LogP contribution in [-0.4, -0.2) is 83.2 Å². The van der Waals surface area contributed by atoms with Crippen molar-refractivity contribution in [2.45, 2.75) is 97.9 Å². The molecule has 0 radical (unpaired) electrons. The molecule has 12 nitrogen and oxygen atoms in total. The smallest absolute Gasteiger partial charge is 0.417 e. The summed E-state index contributed by atoms with van der Waals surface area (Å²) in [5.41, 5.74) is -2.22. The van der Waals surface area contributed by atoms with E-state index >= 15 is 0 Å². The van der Waals surface area contributed by atoms with Crippen LogP contribution in [0.15, 0.2) is 0 Å². The van der Waals surface area contributed by atoms with Crippen LogP contribution in [-0.2, 0) is 38.1 Å². The minimum absolute atomic E-state index is 0.152. The van der Waals surface area contributed by atoms with E-state index in [1.807, 2.05) is 0 Å². The Morgan fingerprint density at radius 2 is 1.19 bits per heavy atom. The SMILES string of the molecule is COC(=O)[C@@H]1CC(C)(C)C(=O)N1C(=O)OC(C)(C)C.COC(=O)[C@@H]1CCC(=O)N1C(=O)OC(C)(C)C. The fourth-order valence-electron chi connectivity index (χ4n) is 3.56. The second-order valence-electron chi connectivity index (χ2n) is 11.1. The molecule has 36 heavy (non-hydrogen) atoms. The van der Waals surface area contributed by atoms with Crippen LogP contribution in [0.2, 0.25) is 0 Å². The quantitative estimate of drug-likeness (QED) is 0.398. The van der Waals surface area contributed by atoms with Gasteiger partial charge in [0.05, 0.1) is 14.2 Å². The Labute approximate surface area is 211 Å². The first-order chi connectivity index (χ1) is 16.3. The van der Waals surface area contributed by atoms with Gasteiger partial charge in [0.2, 0.25) is 11.8 Å². The number of rotatable bonds is 2. The Balaban J connectivity index is 0.000000362. The summed E-state index contributed by atoms with van der Waals surface area (Å²) in [5, 5.41) is 0. The molecule has 0 aromatic rings. The van der Waals surface area contributed by atoms with Gasteiger partial charge in [-0.2, -0.15) is 0 Å². The second kappa shape index (κ2) is 11.3. The molecule has 0 aliphatic carbocycles. The predicted molar refractivity (Wildman–Crippen MR) is 125 cm³/mol. The molecule has 0 aromatic heterocycles. The molecule has 0 spiro atoms. The van der Waals surface area contributed by atoms with Crippen LogP contribution in [0.4, 0.5) is 9.59 Å². The zero-order valence-electron chi connectivity index (χ0n) is 22.8. The van der Waals surface area contributed by atoms with E-state index in [2.05, 4.69) is 9.47 Å². The summed E-state index contributed by atoms with van der Waals surface area (Å²) >= 11 is 0. The Hall–Kier alpha value is -3.18. The third-order valence-corrected chi connectivity index (χ3v) is 5.15. The average molecular weight is 515 g/mol. The maximum atomic E-state index is 12.2. The second-order valence-corrected chi connectivity index (χ2v) is 11.1. The maximum absolute atomic E-state index is 12.2. The summed E-state index contributed by atoms with van der Waals surface area (Å²) in [5.74, 6) is -2.03. The molecule has 0 bridgehead atoms. The van der Waals surface area contributed by atoms with Crippen molar-refractivity contribution in [3.63, 3.8) is 0 Å². The highest BCUT2D eigenvalue weighted by atomic mass is 16.6. The summed E-state index contributed by atoms with van der Waals surface area (Å²) < 4.78 is 19.4. The van der Waals surface area contributed by atoms with Crippen LogP contribution in [0.5, 0.6) is 0 Å². The first kappa shape index (κ1) is 30.9. The summed E-state index contributed by atoms with van der Waals surface area (Å²) in [7, 11) is 2.45. The third-order valence-electron chi connectivity index (χ3n) is 5.15. The zero-order valence-corrected chi connectivity index (χ0v) is 22.8. The van der Waals surface area contributed by atoms with Gasteiger partial charge in [-0.05, 0) is 54.4 Å². The largest absolute Gasteiger partial charge is 0.467 e. The lowest BCUT2D eigenvalue weighted by atomic mass is 9.90. The molecular weight excluding hydrogens is 476 g/mol. The van der Waals surface area contributed by atoms with Crippen LogP contribution in [0.25, 0.3) is 0 Å². The van der Waals surface area contributed by atoms with Crippen LogP contribution >= 0.6 is 0 Å². The van der Waals surface area contributed by atoms with Gasteiger partial charge in [0, 0.05) is 11.8 Å². The van der Waals surface area contributed by atoms with Crippen LogP contribution < -0.4 is 0 Å². The third kappa shape index (κ3) is 7.92. The van der Waals surface area contributed by atoms with Crippen molar-refractivity contribution in [2.75, 3.05) is 14.2 Å². The topological polar surface area (TPSA) is 146 Å². The molecule has 0 aromatic carbocycles. The number of nitrogens with zero attached hydrogens (tertiary/aromatic N) is 2. The number of ether oxygens (including phenoxy) is 4. The number of hydrogen-bond acceptors (Lipinski definition) is 10. The van der Waals surface area contributed by atoms with Gasteiger partial charge >= 0.3 is 24.1 Å². The number of amides is 4. The van der Waals surface area contributed by atoms with E-state index in [9.17, 15) is 28.8 Å². The van der Waals surface area contributed by atoms with Crippen molar-refractivity contribution in [3.8, 4) is 0 Å². The fourth-order valence-corrected chi connectivity index (χ4v) is 3.56. The van der Waals surface area contributed by atoms with E-state index in [0.717, 1.165) is 9.80 Å². The van der Waals surface area contributed by atoms with Gasteiger partial charge in [0.25, 0.3) is 0 Å². The molecule has 2 heterocycles. The molecule has 204 valence electrons. The van der Waals surface area contributed by atoms with E-state index in [4.69, 9.17) is 9.47 Å². The summed E-state index contributed by atoms with van der Waals surface area (Å²) in [6, 6.07) is -1.77. The van der Waals surface area contributed by atoms with Crippen molar-refractivity contribution < 1.29 is 47.7 Å².